The van der Waals surface area contributed by atoms with Gasteiger partial charge >= 0.3 is 0 Å². The molecule has 0 radical (unpaired) electrons. The Morgan fingerprint density at radius 1 is 1.14 bits per heavy atom. The van der Waals surface area contributed by atoms with Gasteiger partial charge in [0.2, 0.25) is 5.91 Å². The van der Waals surface area contributed by atoms with Crippen LogP contribution in [0.5, 0.6) is 0 Å². The maximum atomic E-state index is 13.0. The summed E-state index contributed by atoms with van der Waals surface area (Å²) in [4.78, 5) is 14.9. The standard InChI is InChI=1S/C23H26N4OS/c1-16-9-4-7-13-20(16)27-17(2)24-25-23(27)29-15-22(28)26(3)21-14-8-11-18-10-5-6-12-19(18)21/h4-7,9-10,12-13,21H,8,11,14-15H2,1-3H3/t21-/m0/s1. The summed E-state index contributed by atoms with van der Waals surface area (Å²) in [5.74, 6) is 1.29. The molecule has 1 aromatic heterocycles. The maximum Gasteiger partial charge on any atom is 0.233 e. The average Bonchev–Trinajstić information content (AvgIpc) is 3.11. The fourth-order valence-electron chi connectivity index (χ4n) is 4.06. The first-order valence-electron chi connectivity index (χ1n) is 10.0. The van der Waals surface area contributed by atoms with Gasteiger partial charge in [0, 0.05) is 7.05 Å². The number of carbonyl (C=O) groups is 1. The van der Waals surface area contributed by atoms with Crippen LogP contribution in [0.25, 0.3) is 5.69 Å². The predicted molar refractivity (Wildman–Crippen MR) is 116 cm³/mol. The number of hydrogen-bond acceptors (Lipinski definition) is 4. The van der Waals surface area contributed by atoms with Crippen LogP contribution in [0.3, 0.4) is 0 Å². The van der Waals surface area contributed by atoms with Crippen molar-refractivity contribution in [1.29, 1.82) is 0 Å². The molecule has 0 N–H and O–H groups in total. The highest BCUT2D eigenvalue weighted by Crippen LogP contribution is 2.34. The summed E-state index contributed by atoms with van der Waals surface area (Å²) < 4.78 is 2.03. The van der Waals surface area contributed by atoms with Crippen molar-refractivity contribution >= 4 is 17.7 Å². The van der Waals surface area contributed by atoms with Crippen molar-refractivity contribution in [3.63, 3.8) is 0 Å². The molecule has 1 aliphatic carbocycles. The zero-order valence-corrected chi connectivity index (χ0v) is 17.9. The molecule has 0 saturated carbocycles. The zero-order chi connectivity index (χ0) is 20.4. The molecule has 1 heterocycles. The minimum atomic E-state index is 0.119. The van der Waals surface area contributed by atoms with Crippen molar-refractivity contribution in [2.45, 2.75) is 44.3 Å². The van der Waals surface area contributed by atoms with Gasteiger partial charge in [-0.25, -0.2) is 0 Å². The number of rotatable bonds is 5. The molecule has 29 heavy (non-hydrogen) atoms. The number of thioether (sulfide) groups is 1. The molecular formula is C23H26N4OS. The van der Waals surface area contributed by atoms with Crippen LogP contribution in [0, 0.1) is 13.8 Å². The molecular weight excluding hydrogens is 380 g/mol. The van der Waals surface area contributed by atoms with Gasteiger partial charge in [-0.2, -0.15) is 0 Å². The van der Waals surface area contributed by atoms with E-state index >= 15 is 0 Å². The molecule has 0 aliphatic heterocycles. The Hall–Kier alpha value is -2.60. The molecule has 4 rings (SSSR count). The fraction of sp³-hybridized carbons (Fsp3) is 0.348. The first kappa shape index (κ1) is 19.7. The Morgan fingerprint density at radius 2 is 1.90 bits per heavy atom. The Morgan fingerprint density at radius 3 is 2.72 bits per heavy atom. The minimum absolute atomic E-state index is 0.119. The zero-order valence-electron chi connectivity index (χ0n) is 17.1. The summed E-state index contributed by atoms with van der Waals surface area (Å²) in [6, 6.07) is 16.8. The molecule has 3 aromatic rings. The Kier molecular flexibility index (Phi) is 5.72. The van der Waals surface area contributed by atoms with E-state index in [1.54, 1.807) is 0 Å². The molecule has 1 amide bonds. The first-order chi connectivity index (χ1) is 14.1. The number of benzene rings is 2. The fourth-order valence-corrected chi connectivity index (χ4v) is 4.97. The van der Waals surface area contributed by atoms with Crippen molar-refractivity contribution in [2.24, 2.45) is 0 Å². The number of aryl methyl sites for hydroxylation is 3. The lowest BCUT2D eigenvalue weighted by atomic mass is 9.87. The Balaban J connectivity index is 1.50. The Labute approximate surface area is 176 Å². The van der Waals surface area contributed by atoms with Gasteiger partial charge in [0.1, 0.15) is 5.82 Å². The lowest BCUT2D eigenvalue weighted by Gasteiger charge is -2.33. The number of nitrogens with zero attached hydrogens (tertiary/aromatic N) is 4. The molecule has 2 aromatic carbocycles. The Bertz CT molecular complexity index is 1030. The SMILES string of the molecule is Cc1ccccc1-n1c(C)nnc1SCC(=O)N(C)[C@H]1CCCc2ccccc21. The second-order valence-corrected chi connectivity index (χ2v) is 8.49. The van der Waals surface area contributed by atoms with E-state index in [-0.39, 0.29) is 11.9 Å². The summed E-state index contributed by atoms with van der Waals surface area (Å²) in [5, 5.41) is 9.31. The van der Waals surface area contributed by atoms with E-state index in [4.69, 9.17) is 0 Å². The third kappa shape index (κ3) is 3.94. The molecule has 6 heteroatoms. The molecule has 0 fully saturated rings. The lowest BCUT2D eigenvalue weighted by Crippen LogP contribution is -2.34. The molecule has 0 spiro atoms. The lowest BCUT2D eigenvalue weighted by molar-refractivity contribution is -0.129. The van der Waals surface area contributed by atoms with Gasteiger partial charge < -0.3 is 4.90 Å². The normalized spacial score (nSPS) is 15.8. The monoisotopic (exact) mass is 406 g/mol. The van der Waals surface area contributed by atoms with Crippen molar-refractivity contribution in [3.8, 4) is 5.69 Å². The number of hydrogen-bond donors (Lipinski definition) is 0. The highest BCUT2D eigenvalue weighted by atomic mass is 32.2. The van der Waals surface area contributed by atoms with Crippen LogP contribution >= 0.6 is 11.8 Å². The third-order valence-corrected chi connectivity index (χ3v) is 6.59. The number of fused-ring (bicyclic) bond motifs is 1. The predicted octanol–water partition coefficient (Wildman–Crippen LogP) is 4.51. The van der Waals surface area contributed by atoms with Gasteiger partial charge in [0.05, 0.1) is 17.5 Å². The summed E-state index contributed by atoms with van der Waals surface area (Å²) >= 11 is 1.45. The van der Waals surface area contributed by atoms with Gasteiger partial charge in [0.25, 0.3) is 0 Å². The van der Waals surface area contributed by atoms with Gasteiger partial charge in [0.15, 0.2) is 5.16 Å². The van der Waals surface area contributed by atoms with Gasteiger partial charge in [-0.05, 0) is 55.9 Å². The smallest absolute Gasteiger partial charge is 0.233 e. The second-order valence-electron chi connectivity index (χ2n) is 7.55. The second kappa shape index (κ2) is 8.41. The summed E-state index contributed by atoms with van der Waals surface area (Å²) in [6.07, 6.45) is 3.23. The number of carbonyl (C=O) groups excluding carboxylic acids is 1. The molecule has 0 unspecified atom stereocenters. The minimum Gasteiger partial charge on any atom is -0.338 e. The van der Waals surface area contributed by atoms with Crippen molar-refractivity contribution in [2.75, 3.05) is 12.8 Å². The van der Waals surface area contributed by atoms with Crippen LogP contribution in [-0.2, 0) is 11.2 Å². The van der Waals surface area contributed by atoms with Crippen molar-refractivity contribution < 1.29 is 4.79 Å². The van der Waals surface area contributed by atoms with E-state index in [0.717, 1.165) is 41.5 Å². The van der Waals surface area contributed by atoms with Crippen LogP contribution in [-0.4, -0.2) is 38.4 Å². The van der Waals surface area contributed by atoms with E-state index < -0.39 is 0 Å². The summed E-state index contributed by atoms with van der Waals surface area (Å²) in [5.41, 5.74) is 4.86. The molecule has 1 aliphatic rings. The van der Waals surface area contributed by atoms with E-state index in [0.29, 0.717) is 5.75 Å². The first-order valence-corrected chi connectivity index (χ1v) is 11.0. The topological polar surface area (TPSA) is 51.0 Å². The van der Waals surface area contributed by atoms with Crippen LogP contribution < -0.4 is 0 Å². The molecule has 0 saturated heterocycles. The molecule has 150 valence electrons. The van der Waals surface area contributed by atoms with Gasteiger partial charge in [-0.1, -0.05) is 54.2 Å². The van der Waals surface area contributed by atoms with Crippen LogP contribution in [0.15, 0.2) is 53.7 Å². The van der Waals surface area contributed by atoms with E-state index in [2.05, 4.69) is 53.5 Å². The quantitative estimate of drug-likeness (QED) is 0.585. The molecule has 5 nitrogen and oxygen atoms in total. The number of para-hydroxylation sites is 1. The van der Waals surface area contributed by atoms with Crippen molar-refractivity contribution in [1.82, 2.24) is 19.7 Å². The van der Waals surface area contributed by atoms with E-state index in [1.165, 1.54) is 22.9 Å². The van der Waals surface area contributed by atoms with Crippen molar-refractivity contribution in [3.05, 3.63) is 71.0 Å². The highest BCUT2D eigenvalue weighted by molar-refractivity contribution is 7.99. The van der Waals surface area contributed by atoms with Gasteiger partial charge in [-0.3, -0.25) is 9.36 Å². The maximum absolute atomic E-state index is 13.0. The average molecular weight is 407 g/mol. The highest BCUT2D eigenvalue weighted by Gasteiger charge is 2.27. The number of aromatic nitrogens is 3. The largest absolute Gasteiger partial charge is 0.338 e. The number of amides is 1. The molecule has 1 atom stereocenters. The third-order valence-electron chi connectivity index (χ3n) is 5.67. The van der Waals surface area contributed by atoms with Gasteiger partial charge in [-0.15, -0.1) is 10.2 Å². The molecule has 0 bridgehead atoms. The van der Waals surface area contributed by atoms with Crippen LogP contribution in [0.4, 0.5) is 0 Å². The van der Waals surface area contributed by atoms with Crippen LogP contribution in [0.2, 0.25) is 0 Å². The van der Waals surface area contributed by atoms with E-state index in [9.17, 15) is 4.79 Å². The summed E-state index contributed by atoms with van der Waals surface area (Å²) in [6.45, 7) is 4.01. The van der Waals surface area contributed by atoms with Crippen LogP contribution in [0.1, 0.15) is 41.4 Å². The summed E-state index contributed by atoms with van der Waals surface area (Å²) in [7, 11) is 1.92. The van der Waals surface area contributed by atoms with E-state index in [1.807, 2.05) is 35.6 Å².